The molecule has 20 heavy (non-hydrogen) atoms. The summed E-state index contributed by atoms with van der Waals surface area (Å²) in [5, 5.41) is 9.20. The second-order valence-electron chi connectivity index (χ2n) is 5.63. The van der Waals surface area contributed by atoms with Gasteiger partial charge in [-0.3, -0.25) is 4.79 Å². The van der Waals surface area contributed by atoms with Crippen LogP contribution in [0.15, 0.2) is 24.3 Å². The summed E-state index contributed by atoms with van der Waals surface area (Å²) in [6, 6.07) is 8.14. The largest absolute Gasteiger partial charge is 0.497 e. The molecule has 0 amide bonds. The van der Waals surface area contributed by atoms with Crippen molar-refractivity contribution in [1.82, 2.24) is 0 Å². The van der Waals surface area contributed by atoms with E-state index in [9.17, 15) is 9.90 Å². The van der Waals surface area contributed by atoms with Gasteiger partial charge >= 0.3 is 5.97 Å². The van der Waals surface area contributed by atoms with Crippen molar-refractivity contribution in [2.45, 2.75) is 52.4 Å². The van der Waals surface area contributed by atoms with Crippen LogP contribution in [-0.4, -0.2) is 18.2 Å². The van der Waals surface area contributed by atoms with Gasteiger partial charge in [0.1, 0.15) is 5.75 Å². The molecule has 0 heterocycles. The lowest BCUT2D eigenvalue weighted by Crippen LogP contribution is -2.26. The maximum atomic E-state index is 11.2. The number of carbonyl (C=O) groups is 1. The molecule has 0 aliphatic carbocycles. The van der Waals surface area contributed by atoms with Gasteiger partial charge in [0, 0.05) is 0 Å². The highest BCUT2D eigenvalue weighted by molar-refractivity contribution is 5.73. The van der Waals surface area contributed by atoms with Gasteiger partial charge in [0.15, 0.2) is 0 Å². The normalized spacial score (nSPS) is 13.8. The lowest BCUT2D eigenvalue weighted by atomic mass is 9.82. The van der Waals surface area contributed by atoms with Crippen molar-refractivity contribution in [1.29, 1.82) is 0 Å². The Morgan fingerprint density at radius 1 is 1.20 bits per heavy atom. The number of carboxylic acids is 1. The number of unbranched alkanes of at least 4 members (excludes halogenated alkanes) is 2. The molecule has 1 unspecified atom stereocenters. The highest BCUT2D eigenvalue weighted by Crippen LogP contribution is 2.28. The van der Waals surface area contributed by atoms with Gasteiger partial charge in [0.05, 0.1) is 12.5 Å². The van der Waals surface area contributed by atoms with Crippen molar-refractivity contribution in [3.63, 3.8) is 0 Å². The molecule has 0 aliphatic rings. The molecule has 0 spiro atoms. The molecular weight excluding hydrogens is 252 g/mol. The minimum Gasteiger partial charge on any atom is -0.497 e. The van der Waals surface area contributed by atoms with Gasteiger partial charge in [-0.05, 0) is 50.3 Å². The van der Waals surface area contributed by atoms with Crippen LogP contribution in [0.5, 0.6) is 5.75 Å². The number of carboxylic acid groups (broad SMARTS) is 1. The second-order valence-corrected chi connectivity index (χ2v) is 5.63. The zero-order chi connectivity index (χ0) is 15.0. The third kappa shape index (κ3) is 4.87. The first-order valence-corrected chi connectivity index (χ1v) is 7.38. The van der Waals surface area contributed by atoms with Crippen molar-refractivity contribution in [2.75, 3.05) is 7.11 Å². The summed E-state index contributed by atoms with van der Waals surface area (Å²) in [7, 11) is 1.67. The zero-order valence-corrected chi connectivity index (χ0v) is 12.8. The zero-order valence-electron chi connectivity index (χ0n) is 12.8. The standard InChI is InChI=1S/C17H26O3/c1-4-17(2,16(18)19)13-7-5-6-8-14-9-11-15(20-3)12-10-14/h9-12H,4-8,13H2,1-3H3,(H,18,19). The van der Waals surface area contributed by atoms with Crippen molar-refractivity contribution < 1.29 is 14.6 Å². The first-order chi connectivity index (χ1) is 9.51. The third-order valence-electron chi connectivity index (χ3n) is 4.15. The second kappa shape index (κ2) is 7.93. The molecule has 0 saturated heterocycles. The molecule has 3 heteroatoms. The van der Waals surface area contributed by atoms with E-state index in [2.05, 4.69) is 12.1 Å². The Morgan fingerprint density at radius 3 is 2.35 bits per heavy atom. The number of hydrogen-bond acceptors (Lipinski definition) is 2. The lowest BCUT2D eigenvalue weighted by Gasteiger charge is -2.22. The van der Waals surface area contributed by atoms with Crippen molar-refractivity contribution >= 4 is 5.97 Å². The molecule has 1 atom stereocenters. The number of aliphatic carboxylic acids is 1. The Hall–Kier alpha value is -1.51. The van der Waals surface area contributed by atoms with E-state index in [1.54, 1.807) is 7.11 Å². The molecule has 0 aliphatic heterocycles. The predicted octanol–water partition coefficient (Wildman–Crippen LogP) is 4.30. The highest BCUT2D eigenvalue weighted by Gasteiger charge is 2.29. The van der Waals surface area contributed by atoms with Crippen LogP contribution in [-0.2, 0) is 11.2 Å². The van der Waals surface area contributed by atoms with Crippen molar-refractivity contribution in [2.24, 2.45) is 5.41 Å². The fourth-order valence-corrected chi connectivity index (χ4v) is 2.25. The van der Waals surface area contributed by atoms with E-state index in [1.807, 2.05) is 26.0 Å². The molecular formula is C17H26O3. The van der Waals surface area contributed by atoms with Crippen LogP contribution >= 0.6 is 0 Å². The summed E-state index contributed by atoms with van der Waals surface area (Å²) in [4.78, 5) is 11.2. The van der Waals surface area contributed by atoms with E-state index in [0.717, 1.165) is 37.9 Å². The number of rotatable bonds is 9. The Labute approximate surface area is 122 Å². The minimum absolute atomic E-state index is 0.555. The predicted molar refractivity (Wildman–Crippen MR) is 81.2 cm³/mol. The molecule has 1 N–H and O–H groups in total. The van der Waals surface area contributed by atoms with Crippen LogP contribution in [0.2, 0.25) is 0 Å². The smallest absolute Gasteiger partial charge is 0.309 e. The van der Waals surface area contributed by atoms with Crippen LogP contribution < -0.4 is 4.74 Å². The molecule has 0 fully saturated rings. The van der Waals surface area contributed by atoms with Gasteiger partial charge in [0.2, 0.25) is 0 Å². The van der Waals surface area contributed by atoms with Crippen LogP contribution in [0.1, 0.15) is 51.5 Å². The van der Waals surface area contributed by atoms with E-state index in [-0.39, 0.29) is 0 Å². The average Bonchev–Trinajstić information content (AvgIpc) is 2.47. The number of aryl methyl sites for hydroxylation is 1. The average molecular weight is 278 g/mol. The summed E-state index contributed by atoms with van der Waals surface area (Å²) in [5.74, 6) is 0.212. The Bertz CT molecular complexity index is 411. The molecule has 0 saturated carbocycles. The summed E-state index contributed by atoms with van der Waals surface area (Å²) in [6.45, 7) is 3.80. The summed E-state index contributed by atoms with van der Waals surface area (Å²) in [6.07, 6.45) is 5.66. The quantitative estimate of drug-likeness (QED) is 0.685. The molecule has 1 aromatic carbocycles. The SMILES string of the molecule is CCC(C)(CCCCCc1ccc(OC)cc1)C(=O)O. The van der Waals surface area contributed by atoms with Gasteiger partial charge in [-0.25, -0.2) is 0 Å². The molecule has 3 nitrogen and oxygen atoms in total. The van der Waals surface area contributed by atoms with E-state index >= 15 is 0 Å². The van der Waals surface area contributed by atoms with Gasteiger partial charge in [-0.15, -0.1) is 0 Å². The molecule has 1 aromatic rings. The monoisotopic (exact) mass is 278 g/mol. The van der Waals surface area contributed by atoms with E-state index in [4.69, 9.17) is 4.74 Å². The molecule has 112 valence electrons. The molecule has 0 bridgehead atoms. The molecule has 0 aromatic heterocycles. The topological polar surface area (TPSA) is 46.5 Å². The summed E-state index contributed by atoms with van der Waals surface area (Å²) < 4.78 is 5.13. The first kappa shape index (κ1) is 16.5. The van der Waals surface area contributed by atoms with Crippen LogP contribution in [0.3, 0.4) is 0 Å². The van der Waals surface area contributed by atoms with Gasteiger partial charge in [0.25, 0.3) is 0 Å². The van der Waals surface area contributed by atoms with Gasteiger partial charge < -0.3 is 9.84 Å². The lowest BCUT2D eigenvalue weighted by molar-refractivity contribution is -0.148. The third-order valence-corrected chi connectivity index (χ3v) is 4.15. The van der Waals surface area contributed by atoms with Crippen molar-refractivity contribution in [3.8, 4) is 5.75 Å². The van der Waals surface area contributed by atoms with Crippen LogP contribution in [0.25, 0.3) is 0 Å². The number of ether oxygens (including phenoxy) is 1. The maximum absolute atomic E-state index is 11.2. The van der Waals surface area contributed by atoms with E-state index in [0.29, 0.717) is 6.42 Å². The summed E-state index contributed by atoms with van der Waals surface area (Å²) in [5.41, 5.74) is 0.752. The Kier molecular flexibility index (Phi) is 6.56. The number of hydrogen-bond donors (Lipinski definition) is 1. The minimum atomic E-state index is -0.671. The van der Waals surface area contributed by atoms with Crippen molar-refractivity contribution in [3.05, 3.63) is 29.8 Å². The molecule has 1 rings (SSSR count). The van der Waals surface area contributed by atoms with Gasteiger partial charge in [-0.1, -0.05) is 31.9 Å². The first-order valence-electron chi connectivity index (χ1n) is 7.38. The fraction of sp³-hybridized carbons (Fsp3) is 0.588. The highest BCUT2D eigenvalue weighted by atomic mass is 16.5. The van der Waals surface area contributed by atoms with Gasteiger partial charge in [-0.2, -0.15) is 0 Å². The van der Waals surface area contributed by atoms with Crippen LogP contribution in [0.4, 0.5) is 0 Å². The Balaban J connectivity index is 2.26. The van der Waals surface area contributed by atoms with E-state index < -0.39 is 11.4 Å². The Morgan fingerprint density at radius 2 is 1.85 bits per heavy atom. The summed E-state index contributed by atoms with van der Waals surface area (Å²) >= 11 is 0. The number of methoxy groups -OCH3 is 1. The number of benzene rings is 1. The molecule has 0 radical (unpaired) electrons. The fourth-order valence-electron chi connectivity index (χ4n) is 2.25. The van der Waals surface area contributed by atoms with E-state index in [1.165, 1.54) is 5.56 Å². The maximum Gasteiger partial charge on any atom is 0.309 e. The van der Waals surface area contributed by atoms with Crippen LogP contribution in [0, 0.1) is 5.41 Å².